The molecule has 220 valence electrons. The number of benzene rings is 3. The molecule has 3 aromatic carbocycles. The van der Waals surface area contributed by atoms with Gasteiger partial charge in [-0.05, 0) is 61.2 Å². The summed E-state index contributed by atoms with van der Waals surface area (Å²) in [7, 11) is -1.43. The molecule has 10 heteroatoms. The van der Waals surface area contributed by atoms with Crippen LogP contribution in [0.1, 0.15) is 37.0 Å². The highest BCUT2D eigenvalue weighted by atomic mass is 32.2. The molecule has 0 saturated heterocycles. The van der Waals surface area contributed by atoms with Gasteiger partial charge in [0.05, 0.1) is 5.69 Å². The standard InChI is InChI=1S/C31H39FN4O4S/c1-6-24(3)33-31(38)29(20-25-13-8-7-9-14-25)35(21-26-15-11-10-12-23(26)2)30(37)22-36(41(39,40)34(4)5)28-18-16-27(32)17-19-28/h7-19,24,29H,6,20-22H2,1-5H3,(H,33,38)/t24-,29-/m0/s1. The van der Waals surface area contributed by atoms with E-state index in [4.69, 9.17) is 0 Å². The Bertz CT molecular complexity index is 1420. The zero-order valence-electron chi connectivity index (χ0n) is 24.2. The first-order valence-corrected chi connectivity index (χ1v) is 15.0. The van der Waals surface area contributed by atoms with Gasteiger partial charge in [0.25, 0.3) is 0 Å². The van der Waals surface area contributed by atoms with Crippen LogP contribution in [0.4, 0.5) is 10.1 Å². The van der Waals surface area contributed by atoms with Gasteiger partial charge in [0.15, 0.2) is 0 Å². The van der Waals surface area contributed by atoms with Crippen molar-refractivity contribution in [2.45, 2.75) is 52.2 Å². The highest BCUT2D eigenvalue weighted by Gasteiger charge is 2.35. The monoisotopic (exact) mass is 582 g/mol. The molecule has 0 heterocycles. The summed E-state index contributed by atoms with van der Waals surface area (Å²) >= 11 is 0. The molecule has 8 nitrogen and oxygen atoms in total. The number of hydrogen-bond acceptors (Lipinski definition) is 4. The van der Waals surface area contributed by atoms with E-state index in [0.717, 1.165) is 37.4 Å². The van der Waals surface area contributed by atoms with E-state index in [1.807, 2.05) is 75.4 Å². The lowest BCUT2D eigenvalue weighted by Crippen LogP contribution is -2.55. The fourth-order valence-electron chi connectivity index (χ4n) is 4.29. The second kappa shape index (κ2) is 14.2. The van der Waals surface area contributed by atoms with Crippen LogP contribution in [0, 0.1) is 12.7 Å². The molecule has 0 spiro atoms. The maximum atomic E-state index is 14.2. The Labute approximate surface area is 243 Å². The average molecular weight is 583 g/mol. The molecule has 41 heavy (non-hydrogen) atoms. The molecular formula is C31H39FN4O4S. The first kappa shape index (κ1) is 31.8. The number of nitrogens with zero attached hydrogens (tertiary/aromatic N) is 3. The van der Waals surface area contributed by atoms with Crippen LogP contribution in [0.3, 0.4) is 0 Å². The van der Waals surface area contributed by atoms with E-state index in [2.05, 4.69) is 5.32 Å². The number of aryl methyl sites for hydroxylation is 1. The quantitative estimate of drug-likeness (QED) is 0.326. The fourth-order valence-corrected chi connectivity index (χ4v) is 5.35. The highest BCUT2D eigenvalue weighted by Crippen LogP contribution is 2.23. The predicted molar refractivity (Wildman–Crippen MR) is 160 cm³/mol. The third-order valence-corrected chi connectivity index (χ3v) is 8.83. The minimum Gasteiger partial charge on any atom is -0.352 e. The minimum atomic E-state index is -4.15. The first-order valence-electron chi connectivity index (χ1n) is 13.6. The average Bonchev–Trinajstić information content (AvgIpc) is 2.95. The summed E-state index contributed by atoms with van der Waals surface area (Å²) in [5.41, 5.74) is 2.75. The number of anilines is 1. The summed E-state index contributed by atoms with van der Waals surface area (Å²) in [4.78, 5) is 29.4. The van der Waals surface area contributed by atoms with Gasteiger partial charge in [-0.15, -0.1) is 0 Å². The van der Waals surface area contributed by atoms with Gasteiger partial charge < -0.3 is 10.2 Å². The molecular weight excluding hydrogens is 543 g/mol. The van der Waals surface area contributed by atoms with Crippen LogP contribution < -0.4 is 9.62 Å². The molecule has 3 aromatic rings. The molecule has 3 rings (SSSR count). The Morgan fingerprint density at radius 3 is 2.12 bits per heavy atom. The third-order valence-electron chi connectivity index (χ3n) is 7.01. The van der Waals surface area contributed by atoms with Crippen molar-refractivity contribution in [1.82, 2.24) is 14.5 Å². The zero-order chi connectivity index (χ0) is 30.2. The number of carbonyl (C=O) groups is 2. The molecule has 0 bridgehead atoms. The van der Waals surface area contributed by atoms with Crippen LogP contribution in [-0.2, 0) is 32.8 Å². The summed E-state index contributed by atoms with van der Waals surface area (Å²) in [5, 5.41) is 3.01. The molecule has 0 saturated carbocycles. The van der Waals surface area contributed by atoms with Crippen LogP contribution >= 0.6 is 0 Å². The third kappa shape index (κ3) is 8.37. The van der Waals surface area contributed by atoms with Crippen molar-refractivity contribution in [1.29, 1.82) is 0 Å². The van der Waals surface area contributed by atoms with E-state index in [1.165, 1.54) is 31.1 Å². The molecule has 0 aliphatic carbocycles. The molecule has 2 amide bonds. The summed E-state index contributed by atoms with van der Waals surface area (Å²) in [5.74, 6) is -1.43. The van der Waals surface area contributed by atoms with Crippen molar-refractivity contribution < 1.29 is 22.4 Å². The molecule has 0 aliphatic rings. The number of halogens is 1. The van der Waals surface area contributed by atoms with Gasteiger partial charge >= 0.3 is 10.2 Å². The van der Waals surface area contributed by atoms with Gasteiger partial charge in [-0.1, -0.05) is 61.5 Å². The van der Waals surface area contributed by atoms with Crippen molar-refractivity contribution >= 4 is 27.7 Å². The topological polar surface area (TPSA) is 90.0 Å². The van der Waals surface area contributed by atoms with Crippen LogP contribution in [-0.4, -0.2) is 62.2 Å². The van der Waals surface area contributed by atoms with Gasteiger partial charge in [-0.3, -0.25) is 9.59 Å². The maximum Gasteiger partial charge on any atom is 0.304 e. The van der Waals surface area contributed by atoms with Crippen molar-refractivity contribution in [3.8, 4) is 0 Å². The van der Waals surface area contributed by atoms with Gasteiger partial charge in [0.2, 0.25) is 11.8 Å². The second-order valence-corrected chi connectivity index (χ2v) is 12.3. The van der Waals surface area contributed by atoms with Gasteiger partial charge in [0.1, 0.15) is 18.4 Å². The molecule has 0 aliphatic heterocycles. The Kier molecular flexibility index (Phi) is 11.0. The van der Waals surface area contributed by atoms with Gasteiger partial charge in [-0.25, -0.2) is 8.70 Å². The Morgan fingerprint density at radius 2 is 1.54 bits per heavy atom. The SMILES string of the molecule is CC[C@H](C)NC(=O)[C@H](Cc1ccccc1)N(Cc1ccccc1C)C(=O)CN(c1ccc(F)cc1)S(=O)(=O)N(C)C. The van der Waals surface area contributed by atoms with Crippen molar-refractivity contribution in [2.75, 3.05) is 24.9 Å². The molecule has 2 atom stereocenters. The summed E-state index contributed by atoms with van der Waals surface area (Å²) in [6, 6.07) is 20.8. The lowest BCUT2D eigenvalue weighted by Gasteiger charge is -2.35. The summed E-state index contributed by atoms with van der Waals surface area (Å²) in [6.07, 6.45) is 0.937. The zero-order valence-corrected chi connectivity index (χ0v) is 25.1. The van der Waals surface area contributed by atoms with Crippen LogP contribution in [0.15, 0.2) is 78.9 Å². The van der Waals surface area contributed by atoms with E-state index < -0.39 is 34.5 Å². The molecule has 0 unspecified atom stereocenters. The second-order valence-electron chi connectivity index (χ2n) is 10.2. The molecule has 0 radical (unpaired) electrons. The van der Waals surface area contributed by atoms with Gasteiger partial charge in [-0.2, -0.15) is 12.7 Å². The van der Waals surface area contributed by atoms with E-state index in [1.54, 1.807) is 0 Å². The smallest absolute Gasteiger partial charge is 0.304 e. The summed E-state index contributed by atoms with van der Waals surface area (Å²) < 4.78 is 42.4. The van der Waals surface area contributed by atoms with Gasteiger partial charge in [0, 0.05) is 33.1 Å². The van der Waals surface area contributed by atoms with Crippen molar-refractivity contribution in [2.24, 2.45) is 0 Å². The number of nitrogens with one attached hydrogen (secondary N) is 1. The predicted octanol–water partition coefficient (Wildman–Crippen LogP) is 4.30. The number of carbonyl (C=O) groups excluding carboxylic acids is 2. The van der Waals surface area contributed by atoms with E-state index >= 15 is 0 Å². The molecule has 0 fully saturated rings. The number of hydrogen-bond donors (Lipinski definition) is 1. The Morgan fingerprint density at radius 1 is 0.927 bits per heavy atom. The van der Waals surface area contributed by atoms with E-state index in [9.17, 15) is 22.4 Å². The van der Waals surface area contributed by atoms with E-state index in [-0.39, 0.29) is 30.6 Å². The lowest BCUT2D eigenvalue weighted by molar-refractivity contribution is -0.140. The Balaban J connectivity index is 2.10. The number of rotatable bonds is 13. The van der Waals surface area contributed by atoms with E-state index in [0.29, 0.717) is 6.42 Å². The van der Waals surface area contributed by atoms with Crippen LogP contribution in [0.5, 0.6) is 0 Å². The first-order chi connectivity index (χ1) is 19.4. The maximum absolute atomic E-state index is 14.2. The van der Waals surface area contributed by atoms with Crippen LogP contribution in [0.25, 0.3) is 0 Å². The summed E-state index contributed by atoms with van der Waals surface area (Å²) in [6.45, 7) is 5.28. The highest BCUT2D eigenvalue weighted by molar-refractivity contribution is 7.90. The Hall–Kier alpha value is -3.76. The number of amides is 2. The lowest BCUT2D eigenvalue weighted by atomic mass is 10.0. The van der Waals surface area contributed by atoms with Crippen LogP contribution in [0.2, 0.25) is 0 Å². The fraction of sp³-hybridized carbons (Fsp3) is 0.355. The minimum absolute atomic E-state index is 0.0935. The van der Waals surface area contributed by atoms with Crippen molar-refractivity contribution in [3.05, 3.63) is 101 Å². The normalized spacial score (nSPS) is 13.0. The largest absolute Gasteiger partial charge is 0.352 e. The van der Waals surface area contributed by atoms with Crippen molar-refractivity contribution in [3.63, 3.8) is 0 Å². The molecule has 0 aromatic heterocycles. The molecule has 1 N–H and O–H groups in total.